The molecule has 2 aromatic rings. The quantitative estimate of drug-likeness (QED) is 0.729. The van der Waals surface area contributed by atoms with Crippen molar-refractivity contribution in [3.63, 3.8) is 0 Å². The highest BCUT2D eigenvalue weighted by molar-refractivity contribution is 9.10. The number of ketones is 1. The molecule has 5 heteroatoms. The average molecular weight is 356 g/mol. The highest BCUT2D eigenvalue weighted by Gasteiger charge is 2.15. The van der Waals surface area contributed by atoms with Crippen LogP contribution in [0.2, 0.25) is 5.02 Å². The summed E-state index contributed by atoms with van der Waals surface area (Å²) < 4.78 is 2.63. The van der Waals surface area contributed by atoms with E-state index >= 15 is 0 Å². The first-order valence-corrected chi connectivity index (χ1v) is 7.71. The van der Waals surface area contributed by atoms with Crippen LogP contribution in [0.3, 0.4) is 0 Å². The van der Waals surface area contributed by atoms with E-state index in [1.165, 1.54) is 0 Å². The zero-order valence-electron chi connectivity index (χ0n) is 11.4. The summed E-state index contributed by atoms with van der Waals surface area (Å²) in [6.45, 7) is 4.21. The summed E-state index contributed by atoms with van der Waals surface area (Å²) in [4.78, 5) is 12.3. The third-order valence-corrected chi connectivity index (χ3v) is 4.60. The lowest BCUT2D eigenvalue weighted by atomic mass is 10.1. The minimum absolute atomic E-state index is 0.0225. The molecule has 0 N–H and O–H groups in total. The molecule has 1 heterocycles. The SMILES string of the molecule is CCC(C)n1ccc(CC(=O)c2cccc(Br)c2Cl)n1. The van der Waals surface area contributed by atoms with Gasteiger partial charge in [0.2, 0.25) is 0 Å². The summed E-state index contributed by atoms with van der Waals surface area (Å²) in [7, 11) is 0. The number of aromatic nitrogens is 2. The molecule has 3 nitrogen and oxygen atoms in total. The fourth-order valence-electron chi connectivity index (χ4n) is 1.88. The lowest BCUT2D eigenvalue weighted by Gasteiger charge is -2.08. The second-order valence-electron chi connectivity index (χ2n) is 4.75. The van der Waals surface area contributed by atoms with E-state index in [0.717, 1.165) is 16.6 Å². The van der Waals surface area contributed by atoms with Crippen molar-refractivity contribution in [1.29, 1.82) is 0 Å². The molecule has 106 valence electrons. The smallest absolute Gasteiger partial charge is 0.170 e. The third-order valence-electron chi connectivity index (χ3n) is 3.30. The van der Waals surface area contributed by atoms with Crippen LogP contribution in [0.1, 0.15) is 42.4 Å². The highest BCUT2D eigenvalue weighted by Crippen LogP contribution is 2.27. The summed E-state index contributed by atoms with van der Waals surface area (Å²) in [6, 6.07) is 7.59. The van der Waals surface area contributed by atoms with Crippen LogP contribution in [-0.2, 0) is 6.42 Å². The first-order chi connectivity index (χ1) is 9.52. The van der Waals surface area contributed by atoms with Gasteiger partial charge in [0.05, 0.1) is 17.1 Å². The van der Waals surface area contributed by atoms with Gasteiger partial charge in [-0.05, 0) is 47.5 Å². The van der Waals surface area contributed by atoms with Crippen molar-refractivity contribution in [2.24, 2.45) is 0 Å². The van der Waals surface area contributed by atoms with E-state index in [1.54, 1.807) is 12.1 Å². The van der Waals surface area contributed by atoms with Gasteiger partial charge in [-0.25, -0.2) is 0 Å². The maximum atomic E-state index is 12.3. The Labute approximate surface area is 132 Å². The normalized spacial score (nSPS) is 12.4. The second-order valence-corrected chi connectivity index (χ2v) is 5.98. The molecular weight excluding hydrogens is 340 g/mol. The number of hydrogen-bond acceptors (Lipinski definition) is 2. The molecule has 0 bridgehead atoms. The number of Topliss-reactive ketones (excluding diaryl/α,β-unsaturated/α-hetero) is 1. The van der Waals surface area contributed by atoms with E-state index in [2.05, 4.69) is 34.9 Å². The van der Waals surface area contributed by atoms with Crippen LogP contribution in [0.5, 0.6) is 0 Å². The van der Waals surface area contributed by atoms with Crippen molar-refractivity contribution >= 4 is 33.3 Å². The predicted octanol–water partition coefficient (Wildman–Crippen LogP) is 4.70. The molecule has 0 spiro atoms. The molecule has 20 heavy (non-hydrogen) atoms. The summed E-state index contributed by atoms with van der Waals surface area (Å²) in [5.74, 6) is -0.0225. The Morgan fingerprint density at radius 2 is 2.20 bits per heavy atom. The minimum Gasteiger partial charge on any atom is -0.294 e. The van der Waals surface area contributed by atoms with E-state index in [0.29, 0.717) is 16.6 Å². The lowest BCUT2D eigenvalue weighted by Crippen LogP contribution is -2.08. The van der Waals surface area contributed by atoms with Crippen LogP contribution < -0.4 is 0 Å². The van der Waals surface area contributed by atoms with Crippen LogP contribution in [-0.4, -0.2) is 15.6 Å². The molecule has 1 aromatic carbocycles. The van der Waals surface area contributed by atoms with Crippen molar-refractivity contribution < 1.29 is 4.79 Å². The topological polar surface area (TPSA) is 34.9 Å². The first-order valence-electron chi connectivity index (χ1n) is 6.54. The van der Waals surface area contributed by atoms with Crippen LogP contribution >= 0.6 is 27.5 Å². The minimum atomic E-state index is -0.0225. The van der Waals surface area contributed by atoms with Gasteiger partial charge in [0.25, 0.3) is 0 Å². The molecule has 0 radical (unpaired) electrons. The van der Waals surface area contributed by atoms with Gasteiger partial charge >= 0.3 is 0 Å². The lowest BCUT2D eigenvalue weighted by molar-refractivity contribution is 0.0991. The average Bonchev–Trinajstić information content (AvgIpc) is 2.89. The van der Waals surface area contributed by atoms with E-state index in [1.807, 2.05) is 23.0 Å². The summed E-state index contributed by atoms with van der Waals surface area (Å²) in [6.07, 6.45) is 3.19. The Balaban J connectivity index is 2.15. The summed E-state index contributed by atoms with van der Waals surface area (Å²) in [5.41, 5.74) is 1.30. The molecule has 0 aliphatic carbocycles. The van der Waals surface area contributed by atoms with Gasteiger partial charge in [0.1, 0.15) is 0 Å². The van der Waals surface area contributed by atoms with Crippen LogP contribution in [0.15, 0.2) is 34.9 Å². The summed E-state index contributed by atoms with van der Waals surface area (Å²) >= 11 is 9.47. The third kappa shape index (κ3) is 3.30. The molecule has 2 rings (SSSR count). The number of hydrogen-bond donors (Lipinski definition) is 0. The molecule has 0 aliphatic rings. The molecule has 0 aliphatic heterocycles. The number of nitrogens with zero attached hydrogens (tertiary/aromatic N) is 2. The van der Waals surface area contributed by atoms with Crippen molar-refractivity contribution in [3.8, 4) is 0 Å². The van der Waals surface area contributed by atoms with Crippen molar-refractivity contribution in [3.05, 3.63) is 51.2 Å². The molecule has 0 saturated heterocycles. The van der Waals surface area contributed by atoms with Gasteiger partial charge in [-0.2, -0.15) is 5.10 Å². The Hall–Kier alpha value is -1.13. The van der Waals surface area contributed by atoms with Crippen LogP contribution in [0.4, 0.5) is 0 Å². The zero-order chi connectivity index (χ0) is 14.7. The number of benzene rings is 1. The predicted molar refractivity (Wildman–Crippen MR) is 84.4 cm³/mol. The van der Waals surface area contributed by atoms with E-state index < -0.39 is 0 Å². The highest BCUT2D eigenvalue weighted by atomic mass is 79.9. The Morgan fingerprint density at radius 3 is 2.90 bits per heavy atom. The molecule has 1 unspecified atom stereocenters. The molecule has 0 saturated carbocycles. The van der Waals surface area contributed by atoms with Crippen molar-refractivity contribution in [1.82, 2.24) is 9.78 Å². The molecule has 1 atom stereocenters. The van der Waals surface area contributed by atoms with Crippen molar-refractivity contribution in [2.75, 3.05) is 0 Å². The standard InChI is InChI=1S/C15H16BrClN2O/c1-3-10(2)19-8-7-11(18-19)9-14(20)12-5-4-6-13(16)15(12)17/h4-8,10H,3,9H2,1-2H3. The summed E-state index contributed by atoms with van der Waals surface area (Å²) in [5, 5.41) is 4.90. The molecule has 1 aromatic heterocycles. The van der Waals surface area contributed by atoms with E-state index in [4.69, 9.17) is 11.6 Å². The van der Waals surface area contributed by atoms with Gasteiger partial charge < -0.3 is 0 Å². The fourth-order valence-corrected chi connectivity index (χ4v) is 2.48. The Bertz CT molecular complexity index is 624. The van der Waals surface area contributed by atoms with Gasteiger partial charge in [-0.15, -0.1) is 0 Å². The number of halogens is 2. The monoisotopic (exact) mass is 354 g/mol. The van der Waals surface area contributed by atoms with Crippen LogP contribution in [0.25, 0.3) is 0 Å². The largest absolute Gasteiger partial charge is 0.294 e. The zero-order valence-corrected chi connectivity index (χ0v) is 13.8. The van der Waals surface area contributed by atoms with Gasteiger partial charge in [0, 0.05) is 22.3 Å². The Kier molecular flexibility index (Phi) is 5.00. The fraction of sp³-hybridized carbons (Fsp3) is 0.333. The first kappa shape index (κ1) is 15.3. The van der Waals surface area contributed by atoms with Gasteiger partial charge in [-0.3, -0.25) is 9.48 Å². The maximum absolute atomic E-state index is 12.3. The van der Waals surface area contributed by atoms with Gasteiger partial charge in [-0.1, -0.05) is 24.6 Å². The molecular formula is C15H16BrClN2O. The van der Waals surface area contributed by atoms with Gasteiger partial charge in [0.15, 0.2) is 5.78 Å². The molecule has 0 fully saturated rings. The Morgan fingerprint density at radius 1 is 1.45 bits per heavy atom. The van der Waals surface area contributed by atoms with Crippen LogP contribution in [0, 0.1) is 0 Å². The van der Waals surface area contributed by atoms with E-state index in [-0.39, 0.29) is 12.2 Å². The molecule has 0 amide bonds. The van der Waals surface area contributed by atoms with Crippen molar-refractivity contribution in [2.45, 2.75) is 32.7 Å². The number of carbonyl (C=O) groups is 1. The second kappa shape index (κ2) is 6.55. The number of rotatable bonds is 5. The number of carbonyl (C=O) groups excluding carboxylic acids is 1. The maximum Gasteiger partial charge on any atom is 0.170 e. The van der Waals surface area contributed by atoms with E-state index in [9.17, 15) is 4.79 Å².